The molecule has 1 rings (SSSR count). The van der Waals surface area contributed by atoms with Crippen molar-refractivity contribution in [2.24, 2.45) is 0 Å². The van der Waals surface area contributed by atoms with Gasteiger partial charge in [0.15, 0.2) is 0 Å². The van der Waals surface area contributed by atoms with Gasteiger partial charge in [-0.15, -0.1) is 0 Å². The molecule has 2 heteroatoms. The maximum absolute atomic E-state index is 2.46. The van der Waals surface area contributed by atoms with Crippen molar-refractivity contribution in [2.75, 3.05) is 21.1 Å². The molecule has 0 aromatic rings. The molecule has 1 heterocycles. The van der Waals surface area contributed by atoms with E-state index in [1.807, 2.05) is 0 Å². The molecule has 0 radical (unpaired) electrons. The van der Waals surface area contributed by atoms with Crippen molar-refractivity contribution in [1.29, 1.82) is 0 Å². The quantitative estimate of drug-likeness (QED) is 0.476. The van der Waals surface area contributed by atoms with E-state index in [-0.39, 0.29) is 0 Å². The highest BCUT2D eigenvalue weighted by molar-refractivity contribution is 4.79. The zero-order valence-corrected chi connectivity index (χ0v) is 8.63. The Morgan fingerprint density at radius 2 is 1.55 bits per heavy atom. The van der Waals surface area contributed by atoms with Crippen molar-refractivity contribution in [3.63, 3.8) is 0 Å². The lowest BCUT2D eigenvalue weighted by atomic mass is 10.1. The first-order valence-electron chi connectivity index (χ1n) is 4.44. The Kier molecular flexibility index (Phi) is 2.01. The zero-order chi connectivity index (χ0) is 8.81. The predicted molar refractivity (Wildman–Crippen MR) is 48.3 cm³/mol. The first-order valence-corrected chi connectivity index (χ1v) is 4.44. The van der Waals surface area contributed by atoms with Gasteiger partial charge in [0.1, 0.15) is 12.2 Å². The third-order valence-corrected chi connectivity index (χ3v) is 3.94. The topological polar surface area (TPSA) is 3.24 Å². The van der Waals surface area contributed by atoms with E-state index in [1.54, 1.807) is 0 Å². The Labute approximate surface area is 70.4 Å². The lowest BCUT2D eigenvalue weighted by Gasteiger charge is -2.34. The molecule has 1 aliphatic heterocycles. The predicted octanol–water partition coefficient (Wildman–Crippen LogP) is 1.13. The molecular formula is C9H21N2+. The van der Waals surface area contributed by atoms with Gasteiger partial charge in [-0.2, -0.15) is 0 Å². The molecule has 0 amide bonds. The summed E-state index contributed by atoms with van der Waals surface area (Å²) < 4.78 is 1.12. The van der Waals surface area contributed by atoms with Crippen molar-refractivity contribution in [3.8, 4) is 0 Å². The van der Waals surface area contributed by atoms with Crippen LogP contribution in [0.3, 0.4) is 0 Å². The van der Waals surface area contributed by atoms with Gasteiger partial charge < -0.3 is 4.48 Å². The minimum absolute atomic E-state index is 0.653. The molecule has 1 aliphatic rings. The molecule has 3 unspecified atom stereocenters. The molecule has 1 fully saturated rings. The zero-order valence-electron chi connectivity index (χ0n) is 8.63. The van der Waals surface area contributed by atoms with Crippen LogP contribution in [-0.4, -0.2) is 48.8 Å². The van der Waals surface area contributed by atoms with Crippen LogP contribution in [0.5, 0.6) is 0 Å². The summed E-state index contributed by atoms with van der Waals surface area (Å²) in [4.78, 5) is 2.46. The van der Waals surface area contributed by atoms with Crippen molar-refractivity contribution in [2.45, 2.75) is 39.0 Å². The fourth-order valence-electron chi connectivity index (χ4n) is 2.05. The van der Waals surface area contributed by atoms with Crippen LogP contribution in [0.1, 0.15) is 20.8 Å². The van der Waals surface area contributed by atoms with E-state index >= 15 is 0 Å². The van der Waals surface area contributed by atoms with E-state index in [2.05, 4.69) is 46.8 Å². The number of rotatable bonds is 0. The number of nitrogens with zero attached hydrogens (tertiary/aromatic N) is 2. The molecule has 0 N–H and O–H groups in total. The van der Waals surface area contributed by atoms with E-state index in [0.717, 1.165) is 10.5 Å². The van der Waals surface area contributed by atoms with Gasteiger partial charge in [-0.3, -0.25) is 0 Å². The van der Waals surface area contributed by atoms with Gasteiger partial charge in [0.25, 0.3) is 0 Å². The maximum Gasteiger partial charge on any atom is 0.142 e. The van der Waals surface area contributed by atoms with Crippen LogP contribution in [0.4, 0.5) is 0 Å². The normalized spacial score (nSPS) is 44.7. The fraction of sp³-hybridized carbons (Fsp3) is 1.00. The molecule has 1 saturated heterocycles. The molecular weight excluding hydrogens is 136 g/mol. The number of hydrogen-bond donors (Lipinski definition) is 0. The molecule has 0 aromatic carbocycles. The van der Waals surface area contributed by atoms with Gasteiger partial charge in [0, 0.05) is 6.92 Å². The lowest BCUT2D eigenvalue weighted by Crippen LogP contribution is -2.50. The lowest BCUT2D eigenvalue weighted by molar-refractivity contribution is -0.926. The molecule has 11 heavy (non-hydrogen) atoms. The van der Waals surface area contributed by atoms with Crippen LogP contribution in [0.25, 0.3) is 0 Å². The van der Waals surface area contributed by atoms with Gasteiger partial charge in [-0.05, 0) is 20.9 Å². The minimum Gasteiger partial charge on any atom is -0.310 e. The van der Waals surface area contributed by atoms with Crippen molar-refractivity contribution in [3.05, 3.63) is 0 Å². The van der Waals surface area contributed by atoms with Crippen molar-refractivity contribution in [1.82, 2.24) is 4.90 Å². The largest absolute Gasteiger partial charge is 0.310 e. The van der Waals surface area contributed by atoms with Crippen LogP contribution < -0.4 is 0 Å². The van der Waals surface area contributed by atoms with Gasteiger partial charge in [0.05, 0.1) is 20.1 Å². The molecule has 2 nitrogen and oxygen atoms in total. The highest BCUT2D eigenvalue weighted by atomic mass is 15.5. The summed E-state index contributed by atoms with van der Waals surface area (Å²) in [6.45, 7) is 6.96. The van der Waals surface area contributed by atoms with Crippen LogP contribution in [0.2, 0.25) is 0 Å². The summed E-state index contributed by atoms with van der Waals surface area (Å²) in [6, 6.07) is 1.45. The highest BCUT2D eigenvalue weighted by Crippen LogP contribution is 2.28. The molecule has 0 spiro atoms. The summed E-state index contributed by atoms with van der Waals surface area (Å²) in [7, 11) is 6.85. The third kappa shape index (κ3) is 1.09. The highest BCUT2D eigenvalue weighted by Gasteiger charge is 2.46. The Hall–Kier alpha value is -0.0800. The summed E-state index contributed by atoms with van der Waals surface area (Å²) >= 11 is 0. The fourth-order valence-corrected chi connectivity index (χ4v) is 2.05. The summed E-state index contributed by atoms with van der Waals surface area (Å²) in [5.74, 6) is 0. The van der Waals surface area contributed by atoms with E-state index in [9.17, 15) is 0 Å². The second-order valence-corrected chi connectivity index (χ2v) is 4.41. The number of quaternary nitrogens is 1. The maximum atomic E-state index is 2.46. The molecule has 3 atom stereocenters. The Bertz CT molecular complexity index is 138. The average molecular weight is 157 g/mol. The van der Waals surface area contributed by atoms with Gasteiger partial charge >= 0.3 is 0 Å². The molecule has 66 valence electrons. The second-order valence-electron chi connectivity index (χ2n) is 4.41. The Morgan fingerprint density at radius 3 is 1.64 bits per heavy atom. The first-order chi connectivity index (χ1) is 4.89. The van der Waals surface area contributed by atoms with Gasteiger partial charge in [-0.1, -0.05) is 0 Å². The summed E-state index contributed by atoms with van der Waals surface area (Å²) in [5, 5.41) is 0. The van der Waals surface area contributed by atoms with Crippen LogP contribution in [0.15, 0.2) is 0 Å². The molecule has 0 saturated carbocycles. The van der Waals surface area contributed by atoms with Crippen molar-refractivity contribution < 1.29 is 4.48 Å². The van der Waals surface area contributed by atoms with E-state index in [1.165, 1.54) is 0 Å². The molecule has 0 aromatic heterocycles. The average Bonchev–Trinajstić information content (AvgIpc) is 2.06. The minimum atomic E-state index is 0.653. The van der Waals surface area contributed by atoms with Crippen LogP contribution in [0, 0.1) is 0 Å². The van der Waals surface area contributed by atoms with Crippen LogP contribution >= 0.6 is 0 Å². The van der Waals surface area contributed by atoms with Crippen LogP contribution in [-0.2, 0) is 0 Å². The van der Waals surface area contributed by atoms with Gasteiger partial charge in [0.2, 0.25) is 0 Å². The second kappa shape index (κ2) is 2.46. The standard InChI is InChI=1S/C9H21N2/c1-7-8(2)11(5,6)9(3)10(7)4/h7-9H,1-6H3/q+1. The van der Waals surface area contributed by atoms with E-state index in [4.69, 9.17) is 0 Å². The summed E-state index contributed by atoms with van der Waals surface area (Å²) in [6.07, 6.45) is 0.653. The SMILES string of the molecule is CC1C(C)[N+](C)(C)C(C)N1C. The Morgan fingerprint density at radius 1 is 1.09 bits per heavy atom. The molecule has 0 bridgehead atoms. The van der Waals surface area contributed by atoms with Crippen molar-refractivity contribution >= 4 is 0 Å². The third-order valence-electron chi connectivity index (χ3n) is 3.94. The first kappa shape index (κ1) is 9.01. The monoisotopic (exact) mass is 157 g/mol. The molecule has 0 aliphatic carbocycles. The van der Waals surface area contributed by atoms with E-state index < -0.39 is 0 Å². The number of hydrogen-bond acceptors (Lipinski definition) is 1. The van der Waals surface area contributed by atoms with Gasteiger partial charge in [-0.25, -0.2) is 4.90 Å². The number of likely N-dealkylation sites (N-methyl/N-ethyl adjacent to an activating group) is 2. The smallest absolute Gasteiger partial charge is 0.142 e. The Balaban J connectivity index is 2.87. The summed E-state index contributed by atoms with van der Waals surface area (Å²) in [5.41, 5.74) is 0. The van der Waals surface area contributed by atoms with E-state index in [0.29, 0.717) is 12.2 Å².